The lowest BCUT2D eigenvalue weighted by molar-refractivity contribution is -0.127. The van der Waals surface area contributed by atoms with Gasteiger partial charge >= 0.3 is 0 Å². The SMILES string of the molecule is C[C@@H]1C[C@H](C)C(=O)CCCC1=O. The molecule has 0 aromatic rings. The number of hydrogen-bond acceptors (Lipinski definition) is 2. The number of rotatable bonds is 0. The molecule has 0 N–H and O–H groups in total. The molecule has 0 aromatic heterocycles. The van der Waals surface area contributed by atoms with E-state index in [2.05, 4.69) is 0 Å². The van der Waals surface area contributed by atoms with Crippen LogP contribution < -0.4 is 0 Å². The van der Waals surface area contributed by atoms with Gasteiger partial charge < -0.3 is 0 Å². The van der Waals surface area contributed by atoms with E-state index in [4.69, 9.17) is 0 Å². The first-order chi connectivity index (χ1) is 5.61. The lowest BCUT2D eigenvalue weighted by Crippen LogP contribution is -2.22. The highest BCUT2D eigenvalue weighted by molar-refractivity contribution is 5.86. The Kier molecular flexibility index (Phi) is 3.01. The van der Waals surface area contributed by atoms with Gasteiger partial charge in [0.2, 0.25) is 0 Å². The van der Waals surface area contributed by atoms with Crippen molar-refractivity contribution >= 4 is 11.6 Å². The molecule has 0 saturated heterocycles. The maximum Gasteiger partial charge on any atom is 0.135 e. The monoisotopic (exact) mass is 168 g/mol. The van der Waals surface area contributed by atoms with E-state index in [1.807, 2.05) is 13.8 Å². The molecule has 2 heteroatoms. The van der Waals surface area contributed by atoms with Crippen molar-refractivity contribution in [2.45, 2.75) is 39.5 Å². The molecule has 1 aliphatic rings. The Labute approximate surface area is 73.3 Å². The molecule has 1 fully saturated rings. The van der Waals surface area contributed by atoms with Gasteiger partial charge in [-0.1, -0.05) is 13.8 Å². The fourth-order valence-electron chi connectivity index (χ4n) is 1.72. The van der Waals surface area contributed by atoms with Crippen LogP contribution in [0.5, 0.6) is 0 Å². The summed E-state index contributed by atoms with van der Waals surface area (Å²) in [6.45, 7) is 3.86. The Hall–Kier alpha value is -0.660. The molecule has 0 spiro atoms. The molecule has 0 bridgehead atoms. The van der Waals surface area contributed by atoms with E-state index in [9.17, 15) is 9.59 Å². The summed E-state index contributed by atoms with van der Waals surface area (Å²) in [5.41, 5.74) is 0. The minimum absolute atomic E-state index is 0.0873. The number of hydrogen-bond donors (Lipinski definition) is 0. The highest BCUT2D eigenvalue weighted by Gasteiger charge is 2.23. The van der Waals surface area contributed by atoms with Gasteiger partial charge in [-0.2, -0.15) is 0 Å². The normalized spacial score (nSPS) is 32.8. The van der Waals surface area contributed by atoms with Crippen molar-refractivity contribution in [3.63, 3.8) is 0 Å². The van der Waals surface area contributed by atoms with Gasteiger partial charge in [0.05, 0.1) is 0 Å². The van der Waals surface area contributed by atoms with Crippen LogP contribution in [0.25, 0.3) is 0 Å². The Balaban J connectivity index is 2.60. The average molecular weight is 168 g/mol. The Morgan fingerprint density at radius 2 is 1.42 bits per heavy atom. The lowest BCUT2D eigenvalue weighted by atomic mass is 9.85. The van der Waals surface area contributed by atoms with Gasteiger partial charge in [-0.05, 0) is 12.8 Å². The molecule has 2 atom stereocenters. The van der Waals surface area contributed by atoms with E-state index in [1.165, 1.54) is 0 Å². The van der Waals surface area contributed by atoms with Gasteiger partial charge in [-0.15, -0.1) is 0 Å². The molecular formula is C10H16O2. The molecule has 0 amide bonds. The summed E-state index contributed by atoms with van der Waals surface area (Å²) in [6, 6.07) is 0. The highest BCUT2D eigenvalue weighted by atomic mass is 16.1. The molecule has 0 unspecified atom stereocenters. The third-order valence-electron chi connectivity index (χ3n) is 2.65. The minimum atomic E-state index is 0.0873. The van der Waals surface area contributed by atoms with Gasteiger partial charge in [0.1, 0.15) is 11.6 Å². The maximum atomic E-state index is 11.3. The molecule has 12 heavy (non-hydrogen) atoms. The second-order valence-corrected chi connectivity index (χ2v) is 3.82. The Bertz CT molecular complexity index is 176. The van der Waals surface area contributed by atoms with Crippen LogP contribution in [0.15, 0.2) is 0 Å². The van der Waals surface area contributed by atoms with Crippen LogP contribution in [-0.4, -0.2) is 11.6 Å². The molecule has 68 valence electrons. The summed E-state index contributed by atoms with van der Waals surface area (Å²) < 4.78 is 0. The fraction of sp³-hybridized carbons (Fsp3) is 0.800. The van der Waals surface area contributed by atoms with Crippen LogP contribution >= 0.6 is 0 Å². The van der Waals surface area contributed by atoms with Gasteiger partial charge in [-0.3, -0.25) is 9.59 Å². The second kappa shape index (κ2) is 3.83. The number of carbonyl (C=O) groups is 2. The average Bonchev–Trinajstić information content (AvgIpc) is 2.02. The van der Waals surface area contributed by atoms with Gasteiger partial charge in [-0.25, -0.2) is 0 Å². The van der Waals surface area contributed by atoms with Crippen LogP contribution in [0.4, 0.5) is 0 Å². The van der Waals surface area contributed by atoms with E-state index in [1.54, 1.807) is 0 Å². The summed E-state index contributed by atoms with van der Waals surface area (Å²) in [5, 5.41) is 0. The zero-order chi connectivity index (χ0) is 9.14. The van der Waals surface area contributed by atoms with Crippen LogP contribution in [0, 0.1) is 11.8 Å². The van der Waals surface area contributed by atoms with Gasteiger partial charge in [0.25, 0.3) is 0 Å². The van der Waals surface area contributed by atoms with E-state index < -0.39 is 0 Å². The fourth-order valence-corrected chi connectivity index (χ4v) is 1.72. The topological polar surface area (TPSA) is 34.1 Å². The molecule has 0 aromatic carbocycles. The number of ketones is 2. The molecule has 1 saturated carbocycles. The van der Waals surface area contributed by atoms with E-state index in [0.717, 1.165) is 12.8 Å². The van der Waals surface area contributed by atoms with Crippen molar-refractivity contribution in [1.82, 2.24) is 0 Å². The first kappa shape index (κ1) is 9.43. The van der Waals surface area contributed by atoms with Crippen molar-refractivity contribution in [1.29, 1.82) is 0 Å². The summed E-state index contributed by atoms with van der Waals surface area (Å²) in [5.74, 6) is 0.831. The maximum absolute atomic E-state index is 11.3. The summed E-state index contributed by atoms with van der Waals surface area (Å²) in [7, 11) is 0. The molecule has 0 radical (unpaired) electrons. The third kappa shape index (κ3) is 2.16. The molecule has 0 aliphatic heterocycles. The van der Waals surface area contributed by atoms with Crippen molar-refractivity contribution in [2.75, 3.05) is 0 Å². The largest absolute Gasteiger partial charge is 0.299 e. The molecule has 0 heterocycles. The third-order valence-corrected chi connectivity index (χ3v) is 2.65. The smallest absolute Gasteiger partial charge is 0.135 e. The zero-order valence-corrected chi connectivity index (χ0v) is 7.80. The van der Waals surface area contributed by atoms with E-state index in [0.29, 0.717) is 24.4 Å². The summed E-state index contributed by atoms with van der Waals surface area (Å²) in [4.78, 5) is 22.6. The number of carbonyl (C=O) groups excluding carboxylic acids is 2. The molecular weight excluding hydrogens is 152 g/mol. The van der Waals surface area contributed by atoms with Crippen molar-refractivity contribution in [3.8, 4) is 0 Å². The predicted octanol–water partition coefficient (Wildman–Crippen LogP) is 1.97. The van der Waals surface area contributed by atoms with Crippen LogP contribution in [0.3, 0.4) is 0 Å². The zero-order valence-electron chi connectivity index (χ0n) is 7.80. The van der Waals surface area contributed by atoms with Gasteiger partial charge in [0.15, 0.2) is 0 Å². The van der Waals surface area contributed by atoms with Crippen LogP contribution in [0.2, 0.25) is 0 Å². The highest BCUT2D eigenvalue weighted by Crippen LogP contribution is 2.21. The first-order valence-corrected chi connectivity index (χ1v) is 4.66. The van der Waals surface area contributed by atoms with Gasteiger partial charge in [0, 0.05) is 24.7 Å². The summed E-state index contributed by atoms with van der Waals surface area (Å²) in [6.07, 6.45) is 2.70. The lowest BCUT2D eigenvalue weighted by Gasteiger charge is -2.18. The van der Waals surface area contributed by atoms with Crippen molar-refractivity contribution in [2.24, 2.45) is 11.8 Å². The Morgan fingerprint density at radius 1 is 1.00 bits per heavy atom. The first-order valence-electron chi connectivity index (χ1n) is 4.66. The molecule has 2 nitrogen and oxygen atoms in total. The minimum Gasteiger partial charge on any atom is -0.299 e. The molecule has 1 rings (SSSR count). The number of Topliss-reactive ketones (excluding diaryl/α,β-unsaturated/α-hetero) is 2. The predicted molar refractivity (Wildman–Crippen MR) is 46.8 cm³/mol. The second-order valence-electron chi connectivity index (χ2n) is 3.82. The van der Waals surface area contributed by atoms with E-state index in [-0.39, 0.29) is 11.8 Å². The molecule has 1 aliphatic carbocycles. The van der Waals surface area contributed by atoms with Crippen molar-refractivity contribution in [3.05, 3.63) is 0 Å². The van der Waals surface area contributed by atoms with Crippen LogP contribution in [0.1, 0.15) is 39.5 Å². The quantitative estimate of drug-likeness (QED) is 0.554. The standard InChI is InChI=1S/C10H16O2/c1-7-6-8(2)10(12)5-3-4-9(7)11/h7-8H,3-6H2,1-2H3/t7-,8+. The summed E-state index contributed by atoms with van der Waals surface area (Å²) >= 11 is 0. The van der Waals surface area contributed by atoms with Crippen LogP contribution in [-0.2, 0) is 9.59 Å². The van der Waals surface area contributed by atoms with Crippen molar-refractivity contribution < 1.29 is 9.59 Å². The Morgan fingerprint density at radius 3 is 1.83 bits per heavy atom. The van der Waals surface area contributed by atoms with E-state index >= 15 is 0 Å².